The van der Waals surface area contributed by atoms with Crippen molar-refractivity contribution >= 4 is 21.6 Å². The molecule has 21 heavy (non-hydrogen) atoms. The van der Waals surface area contributed by atoms with Crippen molar-refractivity contribution in [3.8, 4) is 5.75 Å². The molecule has 3 nitrogen and oxygen atoms in total. The fourth-order valence-corrected chi connectivity index (χ4v) is 4.01. The zero-order chi connectivity index (χ0) is 14.7. The van der Waals surface area contributed by atoms with Crippen molar-refractivity contribution < 1.29 is 9.47 Å². The first-order chi connectivity index (χ1) is 10.2. The lowest BCUT2D eigenvalue weighted by molar-refractivity contribution is -0.0588. The summed E-state index contributed by atoms with van der Waals surface area (Å²) in [6, 6.07) is 6.10. The van der Waals surface area contributed by atoms with E-state index < -0.39 is 0 Å². The van der Waals surface area contributed by atoms with Gasteiger partial charge >= 0.3 is 0 Å². The highest BCUT2D eigenvalue weighted by molar-refractivity contribution is 9.10. The Labute approximate surface area is 135 Å². The first-order valence-corrected chi connectivity index (χ1v) is 8.75. The fraction of sp³-hybridized carbons (Fsp3) is 0.647. The molecule has 0 bridgehead atoms. The van der Waals surface area contributed by atoms with Crippen molar-refractivity contribution in [2.24, 2.45) is 0 Å². The van der Waals surface area contributed by atoms with E-state index in [1.807, 2.05) is 12.1 Å². The van der Waals surface area contributed by atoms with E-state index in [9.17, 15) is 0 Å². The van der Waals surface area contributed by atoms with Gasteiger partial charge in [-0.3, -0.25) is 0 Å². The minimum Gasteiger partial charge on any atom is -0.495 e. The highest BCUT2D eigenvalue weighted by Crippen LogP contribution is 2.41. The molecule has 4 heteroatoms. The summed E-state index contributed by atoms with van der Waals surface area (Å²) < 4.78 is 12.7. The Morgan fingerprint density at radius 1 is 1.29 bits per heavy atom. The normalized spacial score (nSPS) is 24.2. The van der Waals surface area contributed by atoms with Crippen LogP contribution in [-0.4, -0.2) is 25.4 Å². The molecule has 1 aromatic rings. The molecule has 3 rings (SSSR count). The van der Waals surface area contributed by atoms with Gasteiger partial charge in [-0.2, -0.15) is 0 Å². The lowest BCUT2D eigenvalue weighted by Crippen LogP contribution is -2.33. The summed E-state index contributed by atoms with van der Waals surface area (Å²) >= 11 is 3.48. The van der Waals surface area contributed by atoms with Gasteiger partial charge < -0.3 is 14.8 Å². The van der Waals surface area contributed by atoms with Crippen molar-refractivity contribution in [3.63, 3.8) is 0 Å². The van der Waals surface area contributed by atoms with Crippen LogP contribution in [0.25, 0.3) is 0 Å². The first-order valence-electron chi connectivity index (χ1n) is 7.96. The second kappa shape index (κ2) is 6.57. The van der Waals surface area contributed by atoms with Crippen LogP contribution in [0.15, 0.2) is 22.7 Å². The minimum absolute atomic E-state index is 0.210. The Hall–Kier alpha value is -0.740. The van der Waals surface area contributed by atoms with Crippen LogP contribution in [0.4, 0.5) is 5.69 Å². The lowest BCUT2D eigenvalue weighted by atomic mass is 9.83. The summed E-state index contributed by atoms with van der Waals surface area (Å²) in [4.78, 5) is 0. The maximum atomic E-state index is 6.39. The molecule has 1 aromatic carbocycles. The quantitative estimate of drug-likeness (QED) is 0.846. The molecule has 2 fully saturated rings. The number of nitrogens with one attached hydrogen (secondary N) is 1. The molecule has 1 heterocycles. The number of benzene rings is 1. The topological polar surface area (TPSA) is 30.5 Å². The third-order valence-corrected chi connectivity index (χ3v) is 5.44. The molecule has 0 amide bonds. The van der Waals surface area contributed by atoms with Gasteiger partial charge in [-0.15, -0.1) is 0 Å². The highest BCUT2D eigenvalue weighted by atomic mass is 79.9. The molecule has 1 N–H and O–H groups in total. The van der Waals surface area contributed by atoms with Gasteiger partial charge in [0.1, 0.15) is 5.75 Å². The zero-order valence-electron chi connectivity index (χ0n) is 12.7. The Morgan fingerprint density at radius 2 is 2.10 bits per heavy atom. The average molecular weight is 354 g/mol. The predicted octanol–water partition coefficient (Wildman–Crippen LogP) is 4.75. The van der Waals surface area contributed by atoms with Crippen molar-refractivity contribution in [1.29, 1.82) is 0 Å². The molecule has 1 spiro atoms. The van der Waals surface area contributed by atoms with E-state index in [1.165, 1.54) is 44.9 Å². The van der Waals surface area contributed by atoms with E-state index >= 15 is 0 Å². The SMILES string of the molecule is COc1cc(NCC2CCC3(CCCCC3)O2)ccc1Br. The van der Waals surface area contributed by atoms with E-state index in [0.29, 0.717) is 6.10 Å². The molecule has 0 radical (unpaired) electrons. The van der Waals surface area contributed by atoms with Crippen LogP contribution in [0.2, 0.25) is 0 Å². The summed E-state index contributed by atoms with van der Waals surface area (Å²) in [6.07, 6.45) is 9.34. The number of ether oxygens (including phenoxy) is 2. The van der Waals surface area contributed by atoms with Crippen LogP contribution in [0.5, 0.6) is 5.75 Å². The largest absolute Gasteiger partial charge is 0.495 e. The van der Waals surface area contributed by atoms with E-state index in [2.05, 4.69) is 27.3 Å². The standard InChI is InChI=1S/C17H24BrNO2/c1-20-16-11-13(5-6-15(16)18)19-12-14-7-10-17(21-14)8-3-2-4-9-17/h5-6,11,14,19H,2-4,7-10,12H2,1H3. The van der Waals surface area contributed by atoms with Crippen molar-refractivity contribution in [1.82, 2.24) is 0 Å². The molecule has 1 saturated heterocycles. The second-order valence-corrected chi connectivity index (χ2v) is 7.11. The smallest absolute Gasteiger partial charge is 0.135 e. The van der Waals surface area contributed by atoms with Gasteiger partial charge in [-0.25, -0.2) is 0 Å². The number of hydrogen-bond donors (Lipinski definition) is 1. The third kappa shape index (κ3) is 3.54. The first kappa shape index (κ1) is 15.2. The molecular formula is C17H24BrNO2. The molecule has 1 aliphatic heterocycles. The molecule has 2 aliphatic rings. The van der Waals surface area contributed by atoms with Gasteiger partial charge in [-0.05, 0) is 53.7 Å². The maximum Gasteiger partial charge on any atom is 0.135 e. The molecular weight excluding hydrogens is 330 g/mol. The van der Waals surface area contributed by atoms with Crippen molar-refractivity contribution in [2.45, 2.75) is 56.7 Å². The van der Waals surface area contributed by atoms with E-state index in [-0.39, 0.29) is 5.60 Å². The number of rotatable bonds is 4. The highest BCUT2D eigenvalue weighted by Gasteiger charge is 2.40. The Bertz CT molecular complexity index is 486. The summed E-state index contributed by atoms with van der Waals surface area (Å²) in [7, 11) is 1.69. The zero-order valence-corrected chi connectivity index (χ0v) is 14.2. The number of halogens is 1. The fourth-order valence-electron chi connectivity index (χ4n) is 3.60. The Balaban J connectivity index is 1.54. The minimum atomic E-state index is 0.210. The number of anilines is 1. The summed E-state index contributed by atoms with van der Waals surface area (Å²) in [5.74, 6) is 0.857. The lowest BCUT2D eigenvalue weighted by Gasteiger charge is -2.33. The van der Waals surface area contributed by atoms with E-state index in [0.717, 1.165) is 22.5 Å². The molecule has 1 atom stereocenters. The molecule has 116 valence electrons. The van der Waals surface area contributed by atoms with Gasteiger partial charge in [0, 0.05) is 18.3 Å². The van der Waals surface area contributed by atoms with Gasteiger partial charge in [0.25, 0.3) is 0 Å². The van der Waals surface area contributed by atoms with Crippen molar-refractivity contribution in [3.05, 3.63) is 22.7 Å². The molecule has 0 aromatic heterocycles. The van der Waals surface area contributed by atoms with Crippen LogP contribution in [0.1, 0.15) is 44.9 Å². The van der Waals surface area contributed by atoms with Crippen molar-refractivity contribution in [2.75, 3.05) is 19.0 Å². The average Bonchev–Trinajstić information content (AvgIpc) is 2.90. The Kier molecular flexibility index (Phi) is 4.75. The molecule has 1 saturated carbocycles. The van der Waals surface area contributed by atoms with Crippen LogP contribution in [0, 0.1) is 0 Å². The summed E-state index contributed by atoms with van der Waals surface area (Å²) in [5.41, 5.74) is 1.30. The van der Waals surface area contributed by atoms with E-state index in [4.69, 9.17) is 9.47 Å². The maximum absolute atomic E-state index is 6.39. The number of methoxy groups -OCH3 is 1. The molecule has 1 unspecified atom stereocenters. The van der Waals surface area contributed by atoms with Crippen LogP contribution >= 0.6 is 15.9 Å². The van der Waals surface area contributed by atoms with Gasteiger partial charge in [0.15, 0.2) is 0 Å². The van der Waals surface area contributed by atoms with Crippen LogP contribution < -0.4 is 10.1 Å². The van der Waals surface area contributed by atoms with Gasteiger partial charge in [0.05, 0.1) is 23.3 Å². The third-order valence-electron chi connectivity index (χ3n) is 4.79. The monoisotopic (exact) mass is 353 g/mol. The predicted molar refractivity (Wildman–Crippen MR) is 89.1 cm³/mol. The van der Waals surface area contributed by atoms with E-state index in [1.54, 1.807) is 7.11 Å². The summed E-state index contributed by atoms with van der Waals surface area (Å²) in [5, 5.41) is 3.48. The second-order valence-electron chi connectivity index (χ2n) is 6.25. The molecule has 1 aliphatic carbocycles. The van der Waals surface area contributed by atoms with Crippen LogP contribution in [-0.2, 0) is 4.74 Å². The van der Waals surface area contributed by atoms with Crippen LogP contribution in [0.3, 0.4) is 0 Å². The number of hydrogen-bond acceptors (Lipinski definition) is 3. The Morgan fingerprint density at radius 3 is 2.86 bits per heavy atom. The summed E-state index contributed by atoms with van der Waals surface area (Å²) in [6.45, 7) is 0.881. The van der Waals surface area contributed by atoms with Gasteiger partial charge in [-0.1, -0.05) is 19.3 Å². The van der Waals surface area contributed by atoms with Gasteiger partial charge in [0.2, 0.25) is 0 Å².